The lowest BCUT2D eigenvalue weighted by molar-refractivity contribution is -0.133. The fourth-order valence-electron chi connectivity index (χ4n) is 1.72. The third kappa shape index (κ3) is 2.58. The summed E-state index contributed by atoms with van der Waals surface area (Å²) < 4.78 is 0. The quantitative estimate of drug-likeness (QED) is 0.819. The highest BCUT2D eigenvalue weighted by Gasteiger charge is 2.33. The molecule has 1 aromatic rings. The minimum absolute atomic E-state index is 0.0337. The highest BCUT2D eigenvalue weighted by molar-refractivity contribution is 5.81. The van der Waals surface area contributed by atoms with Crippen LogP contribution in [0.25, 0.3) is 0 Å². The van der Waals surface area contributed by atoms with Gasteiger partial charge >= 0.3 is 0 Å². The van der Waals surface area contributed by atoms with Crippen molar-refractivity contribution in [3.63, 3.8) is 0 Å². The van der Waals surface area contributed by atoms with Gasteiger partial charge in [0, 0.05) is 25.0 Å². The number of aromatic nitrogens is 1. The normalized spacial score (nSPS) is 16.9. The number of pyridine rings is 1. The van der Waals surface area contributed by atoms with Crippen molar-refractivity contribution >= 4 is 5.91 Å². The fraction of sp³-hybridized carbons (Fsp3) is 0.500. The molecule has 1 fully saturated rings. The zero-order chi connectivity index (χ0) is 11.5. The Bertz CT molecular complexity index is 360. The van der Waals surface area contributed by atoms with E-state index in [0.29, 0.717) is 12.6 Å². The summed E-state index contributed by atoms with van der Waals surface area (Å²) in [6, 6.07) is 3.84. The van der Waals surface area contributed by atoms with Crippen molar-refractivity contribution in [2.24, 2.45) is 5.73 Å². The van der Waals surface area contributed by atoms with Crippen LogP contribution in [0.1, 0.15) is 25.3 Å². The van der Waals surface area contributed by atoms with Crippen LogP contribution in [0.2, 0.25) is 0 Å². The molecule has 16 heavy (non-hydrogen) atoms. The molecule has 0 aliphatic heterocycles. The number of amides is 1. The summed E-state index contributed by atoms with van der Waals surface area (Å²) in [6.07, 6.45) is 5.72. The Hall–Kier alpha value is -1.42. The van der Waals surface area contributed by atoms with Crippen molar-refractivity contribution in [1.29, 1.82) is 0 Å². The van der Waals surface area contributed by atoms with Crippen LogP contribution in [-0.2, 0) is 11.3 Å². The molecule has 1 aliphatic rings. The number of carbonyl (C=O) groups is 1. The Morgan fingerprint density at radius 2 is 2.44 bits per heavy atom. The number of nitrogens with two attached hydrogens (primary N) is 1. The first-order chi connectivity index (χ1) is 7.68. The van der Waals surface area contributed by atoms with Crippen molar-refractivity contribution in [1.82, 2.24) is 9.88 Å². The average molecular weight is 219 g/mol. The van der Waals surface area contributed by atoms with E-state index in [1.807, 2.05) is 17.0 Å². The molecule has 0 bridgehead atoms. The smallest absolute Gasteiger partial charge is 0.239 e. The second-order valence-corrected chi connectivity index (χ2v) is 4.35. The van der Waals surface area contributed by atoms with E-state index in [9.17, 15) is 4.79 Å². The third-order valence-electron chi connectivity index (χ3n) is 2.74. The molecule has 0 spiro atoms. The fourth-order valence-corrected chi connectivity index (χ4v) is 1.72. The molecule has 86 valence electrons. The van der Waals surface area contributed by atoms with Crippen LogP contribution in [-0.4, -0.2) is 27.9 Å². The van der Waals surface area contributed by atoms with Crippen molar-refractivity contribution in [3.05, 3.63) is 30.1 Å². The van der Waals surface area contributed by atoms with E-state index >= 15 is 0 Å². The number of hydrogen-bond donors (Lipinski definition) is 1. The summed E-state index contributed by atoms with van der Waals surface area (Å²) >= 11 is 0. The van der Waals surface area contributed by atoms with Crippen LogP contribution in [0.5, 0.6) is 0 Å². The van der Waals surface area contributed by atoms with Crippen molar-refractivity contribution in [3.8, 4) is 0 Å². The van der Waals surface area contributed by atoms with Crippen molar-refractivity contribution in [2.75, 3.05) is 0 Å². The molecule has 2 N–H and O–H groups in total. The van der Waals surface area contributed by atoms with E-state index in [-0.39, 0.29) is 5.91 Å². The van der Waals surface area contributed by atoms with E-state index in [1.54, 1.807) is 19.3 Å². The van der Waals surface area contributed by atoms with Gasteiger partial charge in [-0.05, 0) is 31.4 Å². The van der Waals surface area contributed by atoms with E-state index in [1.165, 1.54) is 0 Å². The Labute approximate surface area is 95.5 Å². The van der Waals surface area contributed by atoms with E-state index in [4.69, 9.17) is 5.73 Å². The Morgan fingerprint density at radius 3 is 2.94 bits per heavy atom. The Balaban J connectivity index is 2.06. The predicted molar refractivity (Wildman–Crippen MR) is 61.5 cm³/mol. The van der Waals surface area contributed by atoms with Gasteiger partial charge in [-0.15, -0.1) is 0 Å². The zero-order valence-corrected chi connectivity index (χ0v) is 9.47. The van der Waals surface area contributed by atoms with Gasteiger partial charge in [0.2, 0.25) is 5.91 Å². The van der Waals surface area contributed by atoms with Gasteiger partial charge in [0.1, 0.15) is 0 Å². The molecular formula is C12H17N3O. The SMILES string of the molecule is CC(N)C(=O)N(Cc1cccnc1)C1CC1. The maximum absolute atomic E-state index is 11.9. The molecule has 0 saturated heterocycles. The predicted octanol–water partition coefficient (Wildman–Crippen LogP) is 0.920. The summed E-state index contributed by atoms with van der Waals surface area (Å²) in [5.74, 6) is 0.0337. The second-order valence-electron chi connectivity index (χ2n) is 4.35. The monoisotopic (exact) mass is 219 g/mol. The van der Waals surface area contributed by atoms with Gasteiger partial charge in [-0.3, -0.25) is 9.78 Å². The van der Waals surface area contributed by atoms with Gasteiger partial charge in [0.25, 0.3) is 0 Å². The Morgan fingerprint density at radius 1 is 1.69 bits per heavy atom. The largest absolute Gasteiger partial charge is 0.334 e. The highest BCUT2D eigenvalue weighted by atomic mass is 16.2. The number of carbonyl (C=O) groups excluding carboxylic acids is 1. The van der Waals surface area contributed by atoms with Crippen LogP contribution < -0.4 is 5.73 Å². The first kappa shape index (κ1) is 11.1. The summed E-state index contributed by atoms with van der Waals surface area (Å²) in [7, 11) is 0. The maximum atomic E-state index is 11.9. The molecule has 4 nitrogen and oxygen atoms in total. The first-order valence-electron chi connectivity index (χ1n) is 5.63. The summed E-state index contributed by atoms with van der Waals surface area (Å²) in [5.41, 5.74) is 6.71. The molecule has 0 radical (unpaired) electrons. The van der Waals surface area contributed by atoms with E-state index < -0.39 is 6.04 Å². The number of hydrogen-bond acceptors (Lipinski definition) is 3. The summed E-state index contributed by atoms with van der Waals surface area (Å²) in [6.45, 7) is 2.36. The molecule has 2 rings (SSSR count). The highest BCUT2D eigenvalue weighted by Crippen LogP contribution is 2.28. The maximum Gasteiger partial charge on any atom is 0.239 e. The molecule has 1 heterocycles. The zero-order valence-electron chi connectivity index (χ0n) is 9.47. The van der Waals surface area contributed by atoms with E-state index in [2.05, 4.69) is 4.98 Å². The molecule has 1 aliphatic carbocycles. The van der Waals surface area contributed by atoms with Crippen LogP contribution in [0.3, 0.4) is 0 Å². The van der Waals surface area contributed by atoms with Crippen molar-refractivity contribution < 1.29 is 4.79 Å². The van der Waals surface area contributed by atoms with Gasteiger partial charge in [-0.25, -0.2) is 0 Å². The topological polar surface area (TPSA) is 59.2 Å². The molecule has 1 aromatic heterocycles. The Kier molecular flexibility index (Phi) is 3.19. The third-order valence-corrected chi connectivity index (χ3v) is 2.74. The molecular weight excluding hydrogens is 202 g/mol. The van der Waals surface area contributed by atoms with Gasteiger partial charge in [0.05, 0.1) is 6.04 Å². The average Bonchev–Trinajstić information content (AvgIpc) is 3.10. The molecule has 1 atom stereocenters. The number of rotatable bonds is 4. The minimum Gasteiger partial charge on any atom is -0.334 e. The lowest BCUT2D eigenvalue weighted by atomic mass is 10.2. The van der Waals surface area contributed by atoms with Gasteiger partial charge in [-0.2, -0.15) is 0 Å². The van der Waals surface area contributed by atoms with Crippen LogP contribution >= 0.6 is 0 Å². The van der Waals surface area contributed by atoms with Crippen molar-refractivity contribution in [2.45, 2.75) is 38.4 Å². The van der Waals surface area contributed by atoms with Gasteiger partial charge in [-0.1, -0.05) is 6.07 Å². The van der Waals surface area contributed by atoms with Gasteiger partial charge in [0.15, 0.2) is 0 Å². The van der Waals surface area contributed by atoms with Crippen LogP contribution in [0.15, 0.2) is 24.5 Å². The molecule has 1 saturated carbocycles. The first-order valence-corrected chi connectivity index (χ1v) is 5.63. The van der Waals surface area contributed by atoms with Crippen LogP contribution in [0.4, 0.5) is 0 Å². The molecule has 0 aromatic carbocycles. The van der Waals surface area contributed by atoms with E-state index in [0.717, 1.165) is 18.4 Å². The lowest BCUT2D eigenvalue weighted by Gasteiger charge is -2.24. The molecule has 4 heteroatoms. The standard InChI is InChI=1S/C12H17N3O/c1-9(13)12(16)15(11-4-5-11)8-10-3-2-6-14-7-10/h2-3,6-7,9,11H,4-5,8,13H2,1H3. The summed E-state index contributed by atoms with van der Waals surface area (Å²) in [5, 5.41) is 0. The lowest BCUT2D eigenvalue weighted by Crippen LogP contribution is -2.42. The number of nitrogens with zero attached hydrogens (tertiary/aromatic N) is 2. The van der Waals surface area contributed by atoms with Crippen LogP contribution in [0, 0.1) is 0 Å². The minimum atomic E-state index is -0.419. The second kappa shape index (κ2) is 4.61. The molecule has 1 amide bonds. The van der Waals surface area contributed by atoms with Gasteiger partial charge < -0.3 is 10.6 Å². The summed E-state index contributed by atoms with van der Waals surface area (Å²) in [4.78, 5) is 17.8. The molecule has 1 unspecified atom stereocenters.